The summed E-state index contributed by atoms with van der Waals surface area (Å²) < 4.78 is 13.4. The molecule has 0 saturated carbocycles. The topological polar surface area (TPSA) is 52.2 Å². The minimum absolute atomic E-state index is 0.0829. The molecule has 0 aliphatic heterocycles. The number of para-hydroxylation sites is 1. The molecule has 2 aromatic heterocycles. The first-order chi connectivity index (χ1) is 11.5. The van der Waals surface area contributed by atoms with Gasteiger partial charge in [-0.3, -0.25) is 4.68 Å². The highest BCUT2D eigenvalue weighted by atomic mass is 16.5. The molecule has 1 aromatic carbocycles. The Labute approximate surface area is 142 Å². The zero-order valence-electron chi connectivity index (χ0n) is 14.9. The number of aromatic nitrogens is 2. The van der Waals surface area contributed by atoms with E-state index in [0.29, 0.717) is 6.04 Å². The van der Waals surface area contributed by atoms with Crippen molar-refractivity contribution >= 4 is 11.0 Å². The lowest BCUT2D eigenvalue weighted by Gasteiger charge is -2.17. The monoisotopic (exact) mass is 327 g/mol. The SMILES string of the molecule is COc1cccc2cc(C(C)NC(C)c3cnn(C(C)C)c3)oc12. The second kappa shape index (κ2) is 6.69. The predicted molar refractivity (Wildman–Crippen MR) is 95.3 cm³/mol. The predicted octanol–water partition coefficient (Wildman–Crippen LogP) is 4.63. The number of methoxy groups -OCH3 is 1. The van der Waals surface area contributed by atoms with Crippen molar-refractivity contribution in [3.63, 3.8) is 0 Å². The number of nitrogens with one attached hydrogen (secondary N) is 1. The maximum absolute atomic E-state index is 6.02. The molecule has 0 amide bonds. The third-order valence-electron chi connectivity index (χ3n) is 4.32. The molecule has 3 rings (SSSR count). The van der Waals surface area contributed by atoms with Crippen LogP contribution in [0.3, 0.4) is 0 Å². The van der Waals surface area contributed by atoms with Gasteiger partial charge in [-0.2, -0.15) is 5.10 Å². The average molecular weight is 327 g/mol. The van der Waals surface area contributed by atoms with Crippen molar-refractivity contribution in [1.82, 2.24) is 15.1 Å². The van der Waals surface area contributed by atoms with E-state index in [0.717, 1.165) is 22.5 Å². The lowest BCUT2D eigenvalue weighted by Crippen LogP contribution is -2.21. The van der Waals surface area contributed by atoms with E-state index in [9.17, 15) is 0 Å². The fourth-order valence-electron chi connectivity index (χ4n) is 2.84. The van der Waals surface area contributed by atoms with Crippen LogP contribution >= 0.6 is 0 Å². The normalized spacial score (nSPS) is 14.2. The van der Waals surface area contributed by atoms with Crippen LogP contribution in [0.4, 0.5) is 0 Å². The van der Waals surface area contributed by atoms with Crippen molar-refractivity contribution < 1.29 is 9.15 Å². The molecule has 5 heteroatoms. The van der Waals surface area contributed by atoms with Crippen LogP contribution in [0.25, 0.3) is 11.0 Å². The van der Waals surface area contributed by atoms with Crippen molar-refractivity contribution in [3.05, 3.63) is 48.0 Å². The molecule has 0 fully saturated rings. The number of nitrogens with zero attached hydrogens (tertiary/aromatic N) is 2. The van der Waals surface area contributed by atoms with E-state index in [-0.39, 0.29) is 12.1 Å². The Bertz CT molecular complexity index is 819. The maximum Gasteiger partial charge on any atom is 0.176 e. The molecule has 0 aliphatic rings. The van der Waals surface area contributed by atoms with E-state index in [1.807, 2.05) is 29.1 Å². The Morgan fingerprint density at radius 1 is 1.17 bits per heavy atom. The van der Waals surface area contributed by atoms with Gasteiger partial charge >= 0.3 is 0 Å². The number of hydrogen-bond acceptors (Lipinski definition) is 4. The van der Waals surface area contributed by atoms with Gasteiger partial charge in [-0.25, -0.2) is 0 Å². The van der Waals surface area contributed by atoms with E-state index >= 15 is 0 Å². The van der Waals surface area contributed by atoms with Gasteiger partial charge in [-0.05, 0) is 39.8 Å². The van der Waals surface area contributed by atoms with Gasteiger partial charge in [0.25, 0.3) is 0 Å². The van der Waals surface area contributed by atoms with Gasteiger partial charge in [0.15, 0.2) is 11.3 Å². The third-order valence-corrected chi connectivity index (χ3v) is 4.32. The standard InChI is InChI=1S/C19H25N3O2/c1-12(2)22-11-16(10-20-22)13(3)21-14(4)18-9-15-7-6-8-17(23-5)19(15)24-18/h6-14,21H,1-5H3. The molecule has 1 N–H and O–H groups in total. The first-order valence-corrected chi connectivity index (χ1v) is 8.36. The second-order valence-corrected chi connectivity index (χ2v) is 6.48. The summed E-state index contributed by atoms with van der Waals surface area (Å²) in [7, 11) is 1.66. The number of furan rings is 1. The van der Waals surface area contributed by atoms with Crippen LogP contribution < -0.4 is 10.1 Å². The molecular weight excluding hydrogens is 302 g/mol. The van der Waals surface area contributed by atoms with Crippen molar-refractivity contribution in [2.24, 2.45) is 0 Å². The summed E-state index contributed by atoms with van der Waals surface area (Å²) >= 11 is 0. The smallest absolute Gasteiger partial charge is 0.176 e. The van der Waals surface area contributed by atoms with Gasteiger partial charge in [0, 0.05) is 29.2 Å². The van der Waals surface area contributed by atoms with Crippen LogP contribution in [0.5, 0.6) is 5.75 Å². The molecular formula is C19H25N3O2. The van der Waals surface area contributed by atoms with Gasteiger partial charge in [0.05, 0.1) is 19.3 Å². The molecule has 0 spiro atoms. The van der Waals surface area contributed by atoms with Crippen molar-refractivity contribution in [3.8, 4) is 5.75 Å². The van der Waals surface area contributed by atoms with E-state index in [2.05, 4.69) is 50.4 Å². The summed E-state index contributed by atoms with van der Waals surface area (Å²) in [6.07, 6.45) is 4.02. The van der Waals surface area contributed by atoms with Crippen molar-refractivity contribution in [1.29, 1.82) is 0 Å². The zero-order valence-corrected chi connectivity index (χ0v) is 14.9. The van der Waals surface area contributed by atoms with Crippen molar-refractivity contribution in [2.75, 3.05) is 7.11 Å². The Balaban J connectivity index is 1.77. The summed E-state index contributed by atoms with van der Waals surface area (Å²) in [5.41, 5.74) is 1.97. The number of benzene rings is 1. The number of hydrogen-bond donors (Lipinski definition) is 1. The lowest BCUT2D eigenvalue weighted by molar-refractivity contribution is 0.391. The number of rotatable bonds is 6. The molecule has 0 aliphatic carbocycles. The van der Waals surface area contributed by atoms with E-state index < -0.39 is 0 Å². The summed E-state index contributed by atoms with van der Waals surface area (Å²) in [4.78, 5) is 0. The van der Waals surface area contributed by atoms with Crippen LogP contribution in [0.2, 0.25) is 0 Å². The first-order valence-electron chi connectivity index (χ1n) is 8.36. The molecule has 2 heterocycles. The van der Waals surface area contributed by atoms with Gasteiger partial charge in [0.1, 0.15) is 5.76 Å². The van der Waals surface area contributed by atoms with E-state index in [4.69, 9.17) is 9.15 Å². The summed E-state index contributed by atoms with van der Waals surface area (Å²) in [5, 5.41) is 9.04. The maximum atomic E-state index is 6.02. The van der Waals surface area contributed by atoms with E-state index in [1.54, 1.807) is 7.11 Å². The van der Waals surface area contributed by atoms with Crippen LogP contribution in [0.15, 0.2) is 41.1 Å². The van der Waals surface area contributed by atoms with Crippen LogP contribution in [-0.4, -0.2) is 16.9 Å². The summed E-state index contributed by atoms with van der Waals surface area (Å²) in [6, 6.07) is 8.62. The molecule has 0 saturated heterocycles. The van der Waals surface area contributed by atoms with Gasteiger partial charge < -0.3 is 14.5 Å². The highest BCUT2D eigenvalue weighted by molar-refractivity contribution is 5.83. The largest absolute Gasteiger partial charge is 0.493 e. The second-order valence-electron chi connectivity index (χ2n) is 6.48. The molecule has 0 radical (unpaired) electrons. The third kappa shape index (κ3) is 3.17. The molecule has 24 heavy (non-hydrogen) atoms. The number of ether oxygens (including phenoxy) is 1. The fourth-order valence-corrected chi connectivity index (χ4v) is 2.84. The van der Waals surface area contributed by atoms with Gasteiger partial charge in [0.2, 0.25) is 0 Å². The summed E-state index contributed by atoms with van der Waals surface area (Å²) in [5.74, 6) is 1.66. The van der Waals surface area contributed by atoms with Crippen LogP contribution in [0, 0.1) is 0 Å². The van der Waals surface area contributed by atoms with Crippen molar-refractivity contribution in [2.45, 2.75) is 45.8 Å². The molecule has 5 nitrogen and oxygen atoms in total. The Morgan fingerprint density at radius 3 is 2.62 bits per heavy atom. The number of fused-ring (bicyclic) bond motifs is 1. The minimum Gasteiger partial charge on any atom is -0.493 e. The zero-order chi connectivity index (χ0) is 17.3. The average Bonchev–Trinajstić information content (AvgIpc) is 3.21. The fraction of sp³-hybridized carbons (Fsp3) is 0.421. The molecule has 128 valence electrons. The lowest BCUT2D eigenvalue weighted by atomic mass is 10.1. The quantitative estimate of drug-likeness (QED) is 0.717. The van der Waals surface area contributed by atoms with E-state index in [1.165, 1.54) is 5.56 Å². The highest BCUT2D eigenvalue weighted by Gasteiger charge is 2.17. The Hall–Kier alpha value is -2.27. The first kappa shape index (κ1) is 16.6. The Kier molecular flexibility index (Phi) is 4.62. The molecule has 2 atom stereocenters. The Morgan fingerprint density at radius 2 is 1.96 bits per heavy atom. The van der Waals surface area contributed by atoms with Gasteiger partial charge in [-0.15, -0.1) is 0 Å². The molecule has 3 aromatic rings. The van der Waals surface area contributed by atoms with Crippen LogP contribution in [-0.2, 0) is 0 Å². The minimum atomic E-state index is 0.0829. The van der Waals surface area contributed by atoms with Gasteiger partial charge in [-0.1, -0.05) is 12.1 Å². The molecule has 0 bridgehead atoms. The summed E-state index contributed by atoms with van der Waals surface area (Å²) in [6.45, 7) is 8.49. The van der Waals surface area contributed by atoms with Crippen LogP contribution in [0.1, 0.15) is 57.1 Å². The molecule has 2 unspecified atom stereocenters. The highest BCUT2D eigenvalue weighted by Crippen LogP contribution is 2.31.